The van der Waals surface area contributed by atoms with Gasteiger partial charge >= 0.3 is 0 Å². The fraction of sp³-hybridized carbons (Fsp3) is 0.111. The number of hydrogen-bond acceptors (Lipinski definition) is 6. The van der Waals surface area contributed by atoms with Crippen LogP contribution in [0.5, 0.6) is 0 Å². The second-order valence-corrected chi connectivity index (χ2v) is 4.57. The molecule has 94 valence electrons. The van der Waals surface area contributed by atoms with Gasteiger partial charge in [-0.2, -0.15) is 5.10 Å². The summed E-state index contributed by atoms with van der Waals surface area (Å²) in [6, 6.07) is 1.57. The van der Waals surface area contributed by atoms with Gasteiger partial charge in [0.1, 0.15) is 11.4 Å². The summed E-state index contributed by atoms with van der Waals surface area (Å²) in [4.78, 5) is 8.18. The monoisotopic (exact) mass is 284 g/mol. The van der Waals surface area contributed by atoms with Crippen LogP contribution in [0.1, 0.15) is 5.56 Å². The van der Waals surface area contributed by atoms with Crippen molar-refractivity contribution >= 4 is 29.2 Å². The summed E-state index contributed by atoms with van der Waals surface area (Å²) in [5.41, 5.74) is 5.93. The molecule has 18 heavy (non-hydrogen) atoms. The first kappa shape index (κ1) is 12.7. The molecule has 0 spiro atoms. The Morgan fingerprint density at radius 3 is 2.94 bits per heavy atom. The molecule has 0 amide bonds. The van der Waals surface area contributed by atoms with Crippen molar-refractivity contribution < 1.29 is 5.21 Å². The van der Waals surface area contributed by atoms with E-state index in [1.54, 1.807) is 17.8 Å². The van der Waals surface area contributed by atoms with Crippen molar-refractivity contribution in [3.8, 4) is 0 Å². The van der Waals surface area contributed by atoms with Crippen molar-refractivity contribution in [1.82, 2.24) is 19.7 Å². The standard InChI is InChI=1S/C9H9ClN6OS/c1-16-9(13-4-14-16)18-8-6(10)5(2-3-12-8)7(11)15-17/h2-4,17H,1H3,(H2,11,15). The Morgan fingerprint density at radius 1 is 1.56 bits per heavy atom. The zero-order valence-corrected chi connectivity index (χ0v) is 10.9. The third-order valence-corrected chi connectivity index (χ3v) is 3.65. The number of rotatable bonds is 3. The Morgan fingerprint density at radius 2 is 2.33 bits per heavy atom. The lowest BCUT2D eigenvalue weighted by molar-refractivity contribution is 0.318. The molecular weight excluding hydrogens is 276 g/mol. The summed E-state index contributed by atoms with van der Waals surface area (Å²) >= 11 is 7.38. The Balaban J connectivity index is 2.38. The van der Waals surface area contributed by atoms with Crippen molar-refractivity contribution in [2.24, 2.45) is 17.9 Å². The van der Waals surface area contributed by atoms with Crippen molar-refractivity contribution in [2.45, 2.75) is 10.2 Å². The molecule has 2 heterocycles. The third-order valence-electron chi connectivity index (χ3n) is 2.10. The highest BCUT2D eigenvalue weighted by Crippen LogP contribution is 2.31. The summed E-state index contributed by atoms with van der Waals surface area (Å²) in [6.07, 6.45) is 2.96. The van der Waals surface area contributed by atoms with Crippen LogP contribution >= 0.6 is 23.4 Å². The zero-order valence-electron chi connectivity index (χ0n) is 9.28. The molecule has 3 N–H and O–H groups in total. The van der Waals surface area contributed by atoms with Gasteiger partial charge in [-0.15, -0.1) is 0 Å². The van der Waals surface area contributed by atoms with Gasteiger partial charge in [0.25, 0.3) is 0 Å². The number of aryl methyl sites for hydroxylation is 1. The van der Waals surface area contributed by atoms with Crippen LogP contribution in [-0.2, 0) is 7.05 Å². The quantitative estimate of drug-likeness (QED) is 0.379. The van der Waals surface area contributed by atoms with E-state index in [1.807, 2.05) is 0 Å². The maximum Gasteiger partial charge on any atom is 0.192 e. The maximum absolute atomic E-state index is 8.65. The number of nitrogens with zero attached hydrogens (tertiary/aromatic N) is 5. The van der Waals surface area contributed by atoms with Crippen LogP contribution in [0.25, 0.3) is 0 Å². The van der Waals surface area contributed by atoms with E-state index in [0.717, 1.165) is 0 Å². The Bertz CT molecular complexity index is 598. The molecule has 0 saturated heterocycles. The van der Waals surface area contributed by atoms with E-state index in [-0.39, 0.29) is 5.84 Å². The van der Waals surface area contributed by atoms with Gasteiger partial charge < -0.3 is 10.9 Å². The van der Waals surface area contributed by atoms with Gasteiger partial charge in [0, 0.05) is 18.8 Å². The molecule has 9 heteroatoms. The molecule has 0 aromatic carbocycles. The first-order valence-electron chi connectivity index (χ1n) is 4.77. The van der Waals surface area contributed by atoms with E-state index in [0.29, 0.717) is 20.8 Å². The second kappa shape index (κ2) is 5.23. The lowest BCUT2D eigenvalue weighted by Gasteiger charge is -2.06. The van der Waals surface area contributed by atoms with E-state index in [4.69, 9.17) is 22.5 Å². The van der Waals surface area contributed by atoms with Crippen LogP contribution in [0.15, 0.2) is 33.9 Å². The fourth-order valence-corrected chi connectivity index (χ4v) is 2.30. The predicted molar refractivity (Wildman–Crippen MR) is 66.9 cm³/mol. The summed E-state index contributed by atoms with van der Waals surface area (Å²) in [6.45, 7) is 0. The number of halogens is 1. The van der Waals surface area contributed by atoms with Crippen molar-refractivity contribution in [3.05, 3.63) is 29.2 Å². The molecule has 0 fully saturated rings. The molecule has 2 aromatic heterocycles. The number of hydrogen-bond donors (Lipinski definition) is 2. The molecule has 0 bridgehead atoms. The number of nitrogens with two attached hydrogens (primary N) is 1. The lowest BCUT2D eigenvalue weighted by Crippen LogP contribution is -2.14. The molecule has 0 radical (unpaired) electrons. The Labute approximate surface area is 112 Å². The van der Waals surface area contributed by atoms with Gasteiger partial charge in [-0.25, -0.2) is 14.6 Å². The van der Waals surface area contributed by atoms with Crippen molar-refractivity contribution in [2.75, 3.05) is 0 Å². The first-order chi connectivity index (χ1) is 8.63. The summed E-state index contributed by atoms with van der Waals surface area (Å²) < 4.78 is 1.60. The average Bonchev–Trinajstić information content (AvgIpc) is 2.77. The normalized spacial score (nSPS) is 11.8. The molecule has 7 nitrogen and oxygen atoms in total. The van der Waals surface area contributed by atoms with Gasteiger partial charge in [0.2, 0.25) is 0 Å². The highest BCUT2D eigenvalue weighted by atomic mass is 35.5. The third kappa shape index (κ3) is 2.39. The van der Waals surface area contributed by atoms with E-state index >= 15 is 0 Å². The van der Waals surface area contributed by atoms with Crippen molar-refractivity contribution in [1.29, 1.82) is 0 Å². The lowest BCUT2D eigenvalue weighted by atomic mass is 10.2. The van der Waals surface area contributed by atoms with Gasteiger partial charge in [-0.1, -0.05) is 16.8 Å². The molecule has 0 aliphatic carbocycles. The first-order valence-corrected chi connectivity index (χ1v) is 5.97. The minimum absolute atomic E-state index is 0.0674. The van der Waals surface area contributed by atoms with Crippen LogP contribution < -0.4 is 5.73 Å². The smallest absolute Gasteiger partial charge is 0.192 e. The van der Waals surface area contributed by atoms with Gasteiger partial charge in [0.05, 0.1) is 5.02 Å². The number of pyridine rings is 1. The van der Waals surface area contributed by atoms with Crippen LogP contribution in [0.2, 0.25) is 5.02 Å². The van der Waals surface area contributed by atoms with E-state index in [1.165, 1.54) is 24.3 Å². The minimum Gasteiger partial charge on any atom is -0.409 e. The van der Waals surface area contributed by atoms with E-state index in [2.05, 4.69) is 20.2 Å². The zero-order chi connectivity index (χ0) is 13.1. The summed E-state index contributed by atoms with van der Waals surface area (Å²) in [7, 11) is 1.76. The van der Waals surface area contributed by atoms with Crippen LogP contribution in [0.4, 0.5) is 0 Å². The topological polar surface area (TPSA) is 102 Å². The highest BCUT2D eigenvalue weighted by molar-refractivity contribution is 7.99. The van der Waals surface area contributed by atoms with Gasteiger partial charge in [-0.05, 0) is 17.8 Å². The molecule has 0 atom stereocenters. The largest absolute Gasteiger partial charge is 0.409 e. The van der Waals surface area contributed by atoms with E-state index in [9.17, 15) is 0 Å². The van der Waals surface area contributed by atoms with Gasteiger partial charge in [-0.3, -0.25) is 0 Å². The number of amidine groups is 1. The number of oxime groups is 1. The molecule has 0 aliphatic heterocycles. The SMILES string of the molecule is Cn1ncnc1Sc1nccc(/C(N)=N/O)c1Cl. The Kier molecular flexibility index (Phi) is 3.68. The highest BCUT2D eigenvalue weighted by Gasteiger charge is 2.14. The summed E-state index contributed by atoms with van der Waals surface area (Å²) in [5, 5.41) is 17.0. The van der Waals surface area contributed by atoms with Gasteiger partial charge in [0.15, 0.2) is 11.0 Å². The average molecular weight is 285 g/mol. The molecule has 0 aliphatic rings. The molecule has 0 unspecified atom stereocenters. The minimum atomic E-state index is -0.0674. The Hall–Kier alpha value is -1.80. The predicted octanol–water partition coefficient (Wildman–Crippen LogP) is 1.11. The maximum atomic E-state index is 8.65. The molecular formula is C9H9ClN6OS. The van der Waals surface area contributed by atoms with E-state index < -0.39 is 0 Å². The fourth-order valence-electron chi connectivity index (χ4n) is 1.21. The van der Waals surface area contributed by atoms with Crippen LogP contribution in [0.3, 0.4) is 0 Å². The second-order valence-electron chi connectivity index (χ2n) is 3.23. The molecule has 2 rings (SSSR count). The summed E-state index contributed by atoms with van der Waals surface area (Å²) in [5.74, 6) is -0.0674. The van der Waals surface area contributed by atoms with Crippen LogP contribution in [0, 0.1) is 0 Å². The molecule has 2 aromatic rings. The number of aromatic nitrogens is 4. The molecule has 0 saturated carbocycles. The van der Waals surface area contributed by atoms with Crippen LogP contribution in [-0.4, -0.2) is 30.8 Å². The van der Waals surface area contributed by atoms with Crippen molar-refractivity contribution in [3.63, 3.8) is 0 Å².